The summed E-state index contributed by atoms with van der Waals surface area (Å²) in [6.07, 6.45) is 5.02. The fourth-order valence-corrected chi connectivity index (χ4v) is 1.55. The molecule has 0 aliphatic rings. The van der Waals surface area contributed by atoms with Gasteiger partial charge in [-0.05, 0) is 6.42 Å². The molecule has 0 bridgehead atoms. The zero-order valence-corrected chi connectivity index (χ0v) is 9.94. The highest BCUT2D eigenvalue weighted by atomic mass is 35.5. The van der Waals surface area contributed by atoms with E-state index in [1.165, 1.54) is 6.20 Å². The summed E-state index contributed by atoms with van der Waals surface area (Å²) in [7, 11) is 0. The zero-order valence-electron chi connectivity index (χ0n) is 9.19. The molecule has 0 saturated heterocycles. The number of nitrogens with zero attached hydrogens (tertiary/aromatic N) is 3. The Hall–Kier alpha value is -1.36. The molecule has 1 rings (SSSR count). The topological polar surface area (TPSA) is 72.1 Å². The molecule has 16 heavy (non-hydrogen) atoms. The van der Waals surface area contributed by atoms with Crippen molar-refractivity contribution in [3.05, 3.63) is 17.5 Å². The smallest absolute Gasteiger partial charge is 0.237 e. The van der Waals surface area contributed by atoms with Crippen LogP contribution in [0.4, 0.5) is 5.82 Å². The molecule has 0 aromatic carbocycles. The van der Waals surface area contributed by atoms with Gasteiger partial charge >= 0.3 is 0 Å². The second kappa shape index (κ2) is 6.27. The summed E-state index contributed by atoms with van der Waals surface area (Å²) in [6, 6.07) is 0. The van der Waals surface area contributed by atoms with Crippen molar-refractivity contribution in [1.82, 2.24) is 9.97 Å². The molecule has 1 aromatic heterocycles. The van der Waals surface area contributed by atoms with Gasteiger partial charge in [0.25, 0.3) is 0 Å². The van der Waals surface area contributed by atoms with Gasteiger partial charge in [-0.2, -0.15) is 0 Å². The van der Waals surface area contributed by atoms with Crippen molar-refractivity contribution >= 4 is 23.3 Å². The van der Waals surface area contributed by atoms with E-state index in [9.17, 15) is 4.79 Å². The van der Waals surface area contributed by atoms with Crippen LogP contribution in [0.15, 0.2) is 12.4 Å². The average molecular weight is 243 g/mol. The van der Waals surface area contributed by atoms with Gasteiger partial charge in [-0.25, -0.2) is 9.97 Å². The third kappa shape index (κ3) is 3.66. The molecule has 88 valence electrons. The maximum atomic E-state index is 10.9. The van der Waals surface area contributed by atoms with Gasteiger partial charge in [-0.15, -0.1) is 0 Å². The van der Waals surface area contributed by atoms with Crippen LogP contribution in [0.3, 0.4) is 0 Å². The Kier molecular flexibility index (Phi) is 4.98. The summed E-state index contributed by atoms with van der Waals surface area (Å²) < 4.78 is 0. The van der Waals surface area contributed by atoms with Crippen LogP contribution < -0.4 is 10.6 Å². The molecule has 2 N–H and O–H groups in total. The zero-order chi connectivity index (χ0) is 12.0. The fraction of sp³-hybridized carbons (Fsp3) is 0.500. The minimum absolute atomic E-state index is 0.110. The van der Waals surface area contributed by atoms with Gasteiger partial charge < -0.3 is 10.6 Å². The Bertz CT molecular complexity index is 358. The molecule has 1 aromatic rings. The maximum Gasteiger partial charge on any atom is 0.237 e. The molecular weight excluding hydrogens is 228 g/mol. The van der Waals surface area contributed by atoms with Crippen LogP contribution in [0.1, 0.15) is 19.8 Å². The van der Waals surface area contributed by atoms with E-state index in [0.717, 1.165) is 12.8 Å². The van der Waals surface area contributed by atoms with Gasteiger partial charge in [0, 0.05) is 18.9 Å². The molecule has 0 aliphatic heterocycles. The molecular formula is C10H15ClN4O. The van der Waals surface area contributed by atoms with Gasteiger partial charge in [-0.3, -0.25) is 4.79 Å². The summed E-state index contributed by atoms with van der Waals surface area (Å²) >= 11 is 5.91. The van der Waals surface area contributed by atoms with Crippen LogP contribution in [0.2, 0.25) is 5.15 Å². The molecule has 1 heterocycles. The molecule has 0 aliphatic carbocycles. The van der Waals surface area contributed by atoms with Crippen molar-refractivity contribution in [3.63, 3.8) is 0 Å². The largest absolute Gasteiger partial charge is 0.368 e. The highest BCUT2D eigenvalue weighted by molar-refractivity contribution is 6.31. The Morgan fingerprint density at radius 2 is 2.19 bits per heavy atom. The minimum atomic E-state index is -0.405. The van der Waals surface area contributed by atoms with Crippen LogP contribution >= 0.6 is 11.6 Å². The van der Waals surface area contributed by atoms with E-state index < -0.39 is 5.91 Å². The number of rotatable bonds is 6. The number of nitrogens with two attached hydrogens (primary N) is 1. The lowest BCUT2D eigenvalue weighted by Crippen LogP contribution is -2.35. The summed E-state index contributed by atoms with van der Waals surface area (Å²) in [5.41, 5.74) is 5.18. The average Bonchev–Trinajstić information content (AvgIpc) is 2.24. The lowest BCUT2D eigenvalue weighted by molar-refractivity contribution is -0.116. The number of primary amides is 1. The van der Waals surface area contributed by atoms with Gasteiger partial charge in [0.05, 0.1) is 6.54 Å². The monoisotopic (exact) mass is 242 g/mol. The normalized spacial score (nSPS) is 10.1. The van der Waals surface area contributed by atoms with Gasteiger partial charge in [-0.1, -0.05) is 24.9 Å². The number of anilines is 1. The number of amides is 1. The Morgan fingerprint density at radius 3 is 2.75 bits per heavy atom. The van der Waals surface area contributed by atoms with E-state index in [0.29, 0.717) is 17.5 Å². The quantitative estimate of drug-likeness (QED) is 0.814. The molecule has 0 saturated carbocycles. The SMILES string of the molecule is CCCCN(CC(N)=O)c1nccnc1Cl. The third-order valence-electron chi connectivity index (χ3n) is 2.06. The number of halogens is 1. The summed E-state index contributed by atoms with van der Waals surface area (Å²) in [4.78, 5) is 20.7. The van der Waals surface area contributed by atoms with Crippen molar-refractivity contribution < 1.29 is 4.79 Å². The molecule has 0 spiro atoms. The molecule has 0 fully saturated rings. The standard InChI is InChI=1S/C10H15ClN4O/c1-2-3-6-15(7-8(12)16)10-9(11)13-4-5-14-10/h4-5H,2-3,6-7H2,1H3,(H2,12,16). The van der Waals surface area contributed by atoms with Crippen LogP contribution in [-0.2, 0) is 4.79 Å². The Morgan fingerprint density at radius 1 is 1.50 bits per heavy atom. The predicted octanol–water partition coefficient (Wildman–Crippen LogP) is 1.22. The number of carbonyl (C=O) groups excluding carboxylic acids is 1. The summed E-state index contributed by atoms with van der Waals surface area (Å²) in [6.45, 7) is 2.87. The van der Waals surface area contributed by atoms with E-state index >= 15 is 0 Å². The second-order valence-electron chi connectivity index (χ2n) is 3.41. The first-order valence-electron chi connectivity index (χ1n) is 5.15. The number of hydrogen-bond acceptors (Lipinski definition) is 4. The van der Waals surface area contributed by atoms with E-state index in [1.807, 2.05) is 0 Å². The number of unbranched alkanes of at least 4 members (excludes halogenated alkanes) is 1. The lowest BCUT2D eigenvalue weighted by Gasteiger charge is -2.22. The lowest BCUT2D eigenvalue weighted by atomic mass is 10.3. The van der Waals surface area contributed by atoms with Crippen molar-refractivity contribution in [2.75, 3.05) is 18.0 Å². The number of carbonyl (C=O) groups is 1. The Balaban J connectivity index is 2.82. The fourth-order valence-electron chi connectivity index (χ4n) is 1.32. The third-order valence-corrected chi connectivity index (χ3v) is 2.33. The molecule has 0 atom stereocenters. The van der Waals surface area contributed by atoms with E-state index in [-0.39, 0.29) is 6.54 Å². The van der Waals surface area contributed by atoms with E-state index in [1.54, 1.807) is 11.1 Å². The van der Waals surface area contributed by atoms with Crippen LogP contribution in [0.25, 0.3) is 0 Å². The van der Waals surface area contributed by atoms with Gasteiger partial charge in [0.15, 0.2) is 11.0 Å². The number of aromatic nitrogens is 2. The van der Waals surface area contributed by atoms with Crippen LogP contribution in [0.5, 0.6) is 0 Å². The first-order chi connectivity index (χ1) is 7.65. The molecule has 1 amide bonds. The first-order valence-corrected chi connectivity index (χ1v) is 5.52. The highest BCUT2D eigenvalue weighted by Gasteiger charge is 2.13. The summed E-state index contributed by atoms with van der Waals surface area (Å²) in [5.74, 6) is 0.106. The first kappa shape index (κ1) is 12.7. The Labute approximate surface area is 99.6 Å². The van der Waals surface area contributed by atoms with Crippen molar-refractivity contribution in [2.24, 2.45) is 5.73 Å². The molecule has 0 radical (unpaired) electrons. The maximum absolute atomic E-state index is 10.9. The molecule has 6 heteroatoms. The minimum Gasteiger partial charge on any atom is -0.368 e. The van der Waals surface area contributed by atoms with Crippen molar-refractivity contribution in [2.45, 2.75) is 19.8 Å². The second-order valence-corrected chi connectivity index (χ2v) is 3.77. The van der Waals surface area contributed by atoms with Crippen LogP contribution in [-0.4, -0.2) is 29.0 Å². The highest BCUT2D eigenvalue weighted by Crippen LogP contribution is 2.19. The predicted molar refractivity (Wildman–Crippen MR) is 63.4 cm³/mol. The van der Waals surface area contributed by atoms with Crippen LogP contribution in [0, 0.1) is 0 Å². The van der Waals surface area contributed by atoms with Crippen molar-refractivity contribution in [1.29, 1.82) is 0 Å². The van der Waals surface area contributed by atoms with Gasteiger partial charge in [0.2, 0.25) is 5.91 Å². The van der Waals surface area contributed by atoms with Crippen molar-refractivity contribution in [3.8, 4) is 0 Å². The van der Waals surface area contributed by atoms with E-state index in [4.69, 9.17) is 17.3 Å². The number of hydrogen-bond donors (Lipinski definition) is 1. The molecule has 0 unspecified atom stereocenters. The molecule has 5 nitrogen and oxygen atoms in total. The summed E-state index contributed by atoms with van der Waals surface area (Å²) in [5, 5.41) is 0.292. The van der Waals surface area contributed by atoms with E-state index in [2.05, 4.69) is 16.9 Å². The van der Waals surface area contributed by atoms with Gasteiger partial charge in [0.1, 0.15) is 0 Å².